The van der Waals surface area contributed by atoms with Gasteiger partial charge in [-0.2, -0.15) is 0 Å². The molecule has 0 unspecified atom stereocenters. The van der Waals surface area contributed by atoms with Crippen molar-refractivity contribution in [2.75, 3.05) is 5.32 Å². The van der Waals surface area contributed by atoms with Crippen LogP contribution in [0.2, 0.25) is 0 Å². The first kappa shape index (κ1) is 25.5. The highest BCUT2D eigenvalue weighted by Crippen LogP contribution is 2.31. The fourth-order valence-corrected chi connectivity index (χ4v) is 3.38. The normalized spacial score (nSPS) is 12.3. The van der Waals surface area contributed by atoms with Gasteiger partial charge in [-0.25, -0.2) is 19.8 Å². The molecule has 7 heteroatoms. The number of carbonyl (C=O) groups excluding carboxylic acids is 1. The average Bonchev–Trinajstić information content (AvgIpc) is 2.80. The highest BCUT2D eigenvalue weighted by atomic mass is 16.6. The summed E-state index contributed by atoms with van der Waals surface area (Å²) in [5, 5.41) is 13.0. The number of aliphatic hydroxyl groups is 1. The molecule has 1 amide bonds. The Labute approximate surface area is 205 Å². The fraction of sp³-hybridized carbons (Fsp3) is 0.214. The number of amides is 1. The summed E-state index contributed by atoms with van der Waals surface area (Å²) in [6.07, 6.45) is 0.994. The van der Waals surface area contributed by atoms with Crippen molar-refractivity contribution in [1.82, 2.24) is 4.98 Å². The molecule has 180 valence electrons. The van der Waals surface area contributed by atoms with Crippen molar-refractivity contribution in [3.8, 4) is 17.0 Å². The van der Waals surface area contributed by atoms with Crippen LogP contribution in [0.4, 0.5) is 10.5 Å². The second-order valence-corrected chi connectivity index (χ2v) is 8.73. The van der Waals surface area contributed by atoms with E-state index in [0.29, 0.717) is 22.8 Å². The minimum Gasteiger partial charge on any atom is -0.410 e. The Morgan fingerprint density at radius 2 is 1.77 bits per heavy atom. The molecule has 3 aromatic rings. The lowest BCUT2D eigenvalue weighted by molar-refractivity contribution is 0.152. The number of rotatable bonds is 6. The predicted octanol–water partition coefficient (Wildman–Crippen LogP) is 6.21. The Morgan fingerprint density at radius 3 is 2.37 bits per heavy atom. The minimum absolute atomic E-state index is 0.204. The summed E-state index contributed by atoms with van der Waals surface area (Å²) in [5.74, 6) is 0.653. The molecule has 3 rings (SSSR count). The van der Waals surface area contributed by atoms with Crippen molar-refractivity contribution in [3.05, 3.63) is 83.7 Å². The SMILES string of the molecule is C=NC(=N/C=C(\C)c1nc(-c2ccccc2)c(NC(=O)Oc2ccc(C)cc2)cc1C)C(C)(C)O. The van der Waals surface area contributed by atoms with Crippen LogP contribution in [-0.2, 0) is 0 Å². The maximum atomic E-state index is 12.7. The molecule has 0 aliphatic heterocycles. The van der Waals surface area contributed by atoms with Crippen molar-refractivity contribution >= 4 is 29.9 Å². The van der Waals surface area contributed by atoms with E-state index in [2.05, 4.69) is 22.0 Å². The number of hydrogen-bond donors (Lipinski definition) is 2. The van der Waals surface area contributed by atoms with E-state index in [0.717, 1.165) is 22.3 Å². The third-order valence-electron chi connectivity index (χ3n) is 5.18. The molecule has 35 heavy (non-hydrogen) atoms. The summed E-state index contributed by atoms with van der Waals surface area (Å²) in [5.41, 5.74) is 4.09. The third-order valence-corrected chi connectivity index (χ3v) is 5.18. The number of benzene rings is 2. The van der Waals surface area contributed by atoms with Gasteiger partial charge in [0.2, 0.25) is 0 Å². The van der Waals surface area contributed by atoms with Crippen LogP contribution >= 0.6 is 0 Å². The van der Waals surface area contributed by atoms with Crippen molar-refractivity contribution in [2.45, 2.75) is 40.2 Å². The molecule has 2 aromatic carbocycles. The number of allylic oxidation sites excluding steroid dienone is 1. The van der Waals surface area contributed by atoms with Gasteiger partial charge in [0.1, 0.15) is 11.4 Å². The number of nitrogens with one attached hydrogen (secondary N) is 1. The van der Waals surface area contributed by atoms with Crippen molar-refractivity contribution < 1.29 is 14.6 Å². The second kappa shape index (κ2) is 10.9. The number of carbonyl (C=O) groups is 1. The van der Waals surface area contributed by atoms with Gasteiger partial charge in [-0.3, -0.25) is 5.32 Å². The van der Waals surface area contributed by atoms with E-state index >= 15 is 0 Å². The average molecular weight is 471 g/mol. The number of hydrogen-bond acceptors (Lipinski definition) is 5. The van der Waals surface area contributed by atoms with Gasteiger partial charge >= 0.3 is 6.09 Å². The van der Waals surface area contributed by atoms with E-state index in [4.69, 9.17) is 9.72 Å². The fourth-order valence-electron chi connectivity index (χ4n) is 3.38. The Hall–Kier alpha value is -4.10. The summed E-state index contributed by atoms with van der Waals surface area (Å²) in [4.78, 5) is 25.6. The van der Waals surface area contributed by atoms with E-state index in [1.165, 1.54) is 0 Å². The maximum Gasteiger partial charge on any atom is 0.417 e. The highest BCUT2D eigenvalue weighted by Gasteiger charge is 2.20. The van der Waals surface area contributed by atoms with Gasteiger partial charge in [0.25, 0.3) is 0 Å². The molecule has 1 aromatic heterocycles. The Morgan fingerprint density at radius 1 is 1.11 bits per heavy atom. The monoisotopic (exact) mass is 470 g/mol. The number of amidine groups is 1. The molecule has 0 saturated heterocycles. The number of aryl methyl sites for hydroxylation is 2. The smallest absolute Gasteiger partial charge is 0.410 e. The van der Waals surface area contributed by atoms with Crippen molar-refractivity contribution in [3.63, 3.8) is 0 Å². The second-order valence-electron chi connectivity index (χ2n) is 8.73. The molecule has 0 atom stereocenters. The lowest BCUT2D eigenvalue weighted by Gasteiger charge is -2.16. The molecule has 0 saturated carbocycles. The lowest BCUT2D eigenvalue weighted by atomic mass is 10.0. The first-order chi connectivity index (χ1) is 16.6. The van der Waals surface area contributed by atoms with Crippen LogP contribution < -0.4 is 10.1 Å². The van der Waals surface area contributed by atoms with Crippen LogP contribution in [0.5, 0.6) is 5.75 Å². The molecule has 0 radical (unpaired) electrons. The number of nitrogens with zero attached hydrogens (tertiary/aromatic N) is 3. The zero-order valence-electron chi connectivity index (χ0n) is 20.7. The van der Waals surface area contributed by atoms with Crippen LogP contribution in [0.15, 0.2) is 76.8 Å². The van der Waals surface area contributed by atoms with Gasteiger partial charge in [-0.1, -0.05) is 48.0 Å². The summed E-state index contributed by atoms with van der Waals surface area (Å²) in [6.45, 7) is 12.4. The predicted molar refractivity (Wildman–Crippen MR) is 142 cm³/mol. The molecule has 0 spiro atoms. The van der Waals surface area contributed by atoms with E-state index in [1.54, 1.807) is 32.2 Å². The molecular formula is C28H30N4O3. The van der Waals surface area contributed by atoms with E-state index < -0.39 is 11.7 Å². The minimum atomic E-state index is -1.22. The van der Waals surface area contributed by atoms with Crippen LogP contribution in [0.25, 0.3) is 16.8 Å². The van der Waals surface area contributed by atoms with Crippen molar-refractivity contribution in [1.29, 1.82) is 0 Å². The Bertz CT molecular complexity index is 1270. The zero-order chi connectivity index (χ0) is 25.6. The summed E-state index contributed by atoms with van der Waals surface area (Å²) < 4.78 is 5.44. The zero-order valence-corrected chi connectivity index (χ0v) is 20.7. The number of anilines is 1. The van der Waals surface area contributed by atoms with E-state index in [1.807, 2.05) is 69.3 Å². The Kier molecular flexibility index (Phi) is 7.94. The molecular weight excluding hydrogens is 440 g/mol. The third kappa shape index (κ3) is 6.71. The topological polar surface area (TPSA) is 96.2 Å². The Balaban J connectivity index is 1.99. The summed E-state index contributed by atoms with van der Waals surface area (Å²) >= 11 is 0. The molecule has 1 heterocycles. The number of ether oxygens (including phenoxy) is 1. The molecule has 0 bridgehead atoms. The van der Waals surface area contributed by atoms with Gasteiger partial charge in [0.15, 0.2) is 5.84 Å². The van der Waals surface area contributed by atoms with Gasteiger partial charge < -0.3 is 9.84 Å². The van der Waals surface area contributed by atoms with Gasteiger partial charge in [-0.05, 0) is 70.7 Å². The first-order valence-corrected chi connectivity index (χ1v) is 11.2. The van der Waals surface area contributed by atoms with Gasteiger partial charge in [-0.15, -0.1) is 0 Å². The van der Waals surface area contributed by atoms with Crippen LogP contribution in [0, 0.1) is 13.8 Å². The van der Waals surface area contributed by atoms with Crippen molar-refractivity contribution in [2.24, 2.45) is 9.98 Å². The van der Waals surface area contributed by atoms with E-state index in [9.17, 15) is 9.90 Å². The largest absolute Gasteiger partial charge is 0.417 e. The molecule has 2 N–H and O–H groups in total. The van der Waals surface area contributed by atoms with Crippen LogP contribution in [0.3, 0.4) is 0 Å². The number of aliphatic imine (C=N–C) groups is 2. The quantitative estimate of drug-likeness (QED) is 0.331. The lowest BCUT2D eigenvalue weighted by Crippen LogP contribution is -2.29. The first-order valence-electron chi connectivity index (χ1n) is 11.2. The molecule has 7 nitrogen and oxygen atoms in total. The van der Waals surface area contributed by atoms with Crippen LogP contribution in [0.1, 0.15) is 37.6 Å². The highest BCUT2D eigenvalue weighted by molar-refractivity contribution is 5.94. The number of aromatic nitrogens is 1. The van der Waals surface area contributed by atoms with E-state index in [-0.39, 0.29) is 5.84 Å². The molecule has 0 fully saturated rings. The summed E-state index contributed by atoms with van der Waals surface area (Å²) in [6, 6.07) is 18.7. The molecule has 0 aliphatic carbocycles. The van der Waals surface area contributed by atoms with Gasteiger partial charge in [0.05, 0.1) is 17.1 Å². The standard InChI is InChI=1S/C28H30N4O3/c1-18-12-14-22(15-13-18)35-27(33)31-23-16-19(2)24(32-25(23)21-10-8-7-9-11-21)20(3)17-30-26(29-6)28(4,5)34/h7-17,34H,6H2,1-5H3,(H,31,33)/b20-17+,30-26?. The summed E-state index contributed by atoms with van der Waals surface area (Å²) in [7, 11) is 0. The van der Waals surface area contributed by atoms with Crippen LogP contribution in [-0.4, -0.2) is 34.3 Å². The van der Waals surface area contributed by atoms with Gasteiger partial charge in [0, 0.05) is 11.8 Å². The number of pyridine rings is 1. The molecule has 0 aliphatic rings. The maximum absolute atomic E-state index is 12.7.